The largest absolute Gasteiger partial charge is 0.377 e. The van der Waals surface area contributed by atoms with Crippen molar-refractivity contribution in [2.45, 2.75) is 72.1 Å². The molecule has 1 aromatic carbocycles. The number of piperidine rings is 1. The molecule has 0 radical (unpaired) electrons. The Morgan fingerprint density at radius 1 is 1.13 bits per heavy atom. The van der Waals surface area contributed by atoms with Gasteiger partial charge in [-0.25, -0.2) is 0 Å². The van der Waals surface area contributed by atoms with Gasteiger partial charge in [0.1, 0.15) is 0 Å². The summed E-state index contributed by atoms with van der Waals surface area (Å²) in [7, 11) is 0. The van der Waals surface area contributed by atoms with Crippen LogP contribution >= 0.6 is 0 Å². The third kappa shape index (κ3) is 6.98. The van der Waals surface area contributed by atoms with Gasteiger partial charge in [-0.2, -0.15) is 0 Å². The highest BCUT2D eigenvalue weighted by molar-refractivity contribution is 5.80. The first-order valence-corrected chi connectivity index (χ1v) is 11.9. The van der Waals surface area contributed by atoms with Crippen LogP contribution < -0.4 is 10.6 Å². The number of nitrogens with zero attached hydrogens (tertiary/aromatic N) is 2. The van der Waals surface area contributed by atoms with Crippen LogP contribution in [-0.2, 0) is 11.3 Å². The fourth-order valence-corrected chi connectivity index (χ4v) is 4.79. The normalized spacial score (nSPS) is 24.6. The van der Waals surface area contributed by atoms with Gasteiger partial charge in [-0.05, 0) is 43.6 Å². The Bertz CT molecular complexity index is 647. The van der Waals surface area contributed by atoms with Crippen molar-refractivity contribution in [1.82, 2.24) is 15.5 Å². The van der Waals surface area contributed by atoms with Gasteiger partial charge < -0.3 is 15.4 Å². The minimum Gasteiger partial charge on any atom is -0.377 e. The van der Waals surface area contributed by atoms with Crippen LogP contribution in [0.15, 0.2) is 35.3 Å². The van der Waals surface area contributed by atoms with Crippen LogP contribution in [0.3, 0.4) is 0 Å². The van der Waals surface area contributed by atoms with E-state index in [4.69, 9.17) is 9.73 Å². The van der Waals surface area contributed by atoms with E-state index in [0.29, 0.717) is 18.1 Å². The standard InChI is InChI=1S/C25H42N4O/c1-5-26-24(27-18-21-12-9-17-30-23(21)25(2,3)4)28-22-13-15-29(16-14-22)19-20-10-7-6-8-11-20/h6-8,10-11,21-23H,5,9,12-19H2,1-4H3,(H2,26,27,28). The quantitative estimate of drug-likeness (QED) is 0.545. The molecule has 2 saturated heterocycles. The van der Waals surface area contributed by atoms with Crippen LogP contribution in [-0.4, -0.2) is 55.8 Å². The second kappa shape index (κ2) is 11.1. The number of ether oxygens (including phenoxy) is 1. The fourth-order valence-electron chi connectivity index (χ4n) is 4.79. The molecule has 2 unspecified atom stereocenters. The van der Waals surface area contributed by atoms with Gasteiger partial charge in [-0.3, -0.25) is 9.89 Å². The highest BCUT2D eigenvalue weighted by atomic mass is 16.5. The first-order chi connectivity index (χ1) is 14.5. The highest BCUT2D eigenvalue weighted by Gasteiger charge is 2.35. The molecule has 5 nitrogen and oxygen atoms in total. The molecule has 0 bridgehead atoms. The third-order valence-corrected chi connectivity index (χ3v) is 6.30. The van der Waals surface area contributed by atoms with E-state index in [-0.39, 0.29) is 5.41 Å². The van der Waals surface area contributed by atoms with E-state index in [9.17, 15) is 0 Å². The summed E-state index contributed by atoms with van der Waals surface area (Å²) in [4.78, 5) is 7.54. The lowest BCUT2D eigenvalue weighted by Gasteiger charge is -2.39. The molecule has 2 atom stereocenters. The Kier molecular flexibility index (Phi) is 8.58. The van der Waals surface area contributed by atoms with Crippen molar-refractivity contribution >= 4 is 5.96 Å². The molecule has 2 aliphatic rings. The van der Waals surface area contributed by atoms with Crippen LogP contribution in [0.1, 0.15) is 58.9 Å². The first kappa shape index (κ1) is 23.1. The molecule has 2 N–H and O–H groups in total. The van der Waals surface area contributed by atoms with Crippen molar-refractivity contribution in [3.8, 4) is 0 Å². The van der Waals surface area contributed by atoms with Gasteiger partial charge in [-0.15, -0.1) is 0 Å². The van der Waals surface area contributed by atoms with E-state index in [1.54, 1.807) is 0 Å². The molecular formula is C25H42N4O. The van der Waals surface area contributed by atoms with E-state index in [0.717, 1.165) is 64.6 Å². The fraction of sp³-hybridized carbons (Fsp3) is 0.720. The van der Waals surface area contributed by atoms with Gasteiger partial charge in [0.15, 0.2) is 5.96 Å². The summed E-state index contributed by atoms with van der Waals surface area (Å²) in [6.07, 6.45) is 4.97. The monoisotopic (exact) mass is 414 g/mol. The zero-order valence-corrected chi connectivity index (χ0v) is 19.5. The lowest BCUT2D eigenvalue weighted by atomic mass is 9.78. The van der Waals surface area contributed by atoms with Crippen LogP contribution in [0.5, 0.6) is 0 Å². The van der Waals surface area contributed by atoms with E-state index >= 15 is 0 Å². The van der Waals surface area contributed by atoms with Gasteiger partial charge in [0.05, 0.1) is 6.10 Å². The molecule has 0 amide bonds. The van der Waals surface area contributed by atoms with Crippen LogP contribution in [0.25, 0.3) is 0 Å². The maximum absolute atomic E-state index is 6.14. The summed E-state index contributed by atoms with van der Waals surface area (Å²) < 4.78 is 6.14. The minimum atomic E-state index is 0.165. The predicted octanol–water partition coefficient (Wildman–Crippen LogP) is 4.05. The topological polar surface area (TPSA) is 48.9 Å². The highest BCUT2D eigenvalue weighted by Crippen LogP contribution is 2.34. The molecule has 5 heteroatoms. The van der Waals surface area contributed by atoms with Crippen LogP contribution in [0, 0.1) is 11.3 Å². The molecule has 0 spiro atoms. The number of likely N-dealkylation sites (tertiary alicyclic amines) is 1. The Balaban J connectivity index is 1.50. The van der Waals surface area contributed by atoms with Crippen molar-refractivity contribution in [3.63, 3.8) is 0 Å². The number of nitrogens with one attached hydrogen (secondary N) is 2. The molecule has 0 aliphatic carbocycles. The molecule has 0 saturated carbocycles. The molecule has 0 aromatic heterocycles. The van der Waals surface area contributed by atoms with E-state index in [2.05, 4.69) is 73.6 Å². The van der Waals surface area contributed by atoms with E-state index < -0.39 is 0 Å². The summed E-state index contributed by atoms with van der Waals surface area (Å²) in [5.41, 5.74) is 1.57. The average molecular weight is 415 g/mol. The van der Waals surface area contributed by atoms with Crippen molar-refractivity contribution in [2.24, 2.45) is 16.3 Å². The number of hydrogen-bond donors (Lipinski definition) is 2. The first-order valence-electron chi connectivity index (χ1n) is 11.9. The lowest BCUT2D eigenvalue weighted by Crippen LogP contribution is -2.49. The Labute approximate surface area is 183 Å². The Morgan fingerprint density at radius 2 is 1.87 bits per heavy atom. The van der Waals surface area contributed by atoms with Crippen molar-refractivity contribution < 1.29 is 4.74 Å². The molecule has 1 aromatic rings. The number of guanidine groups is 1. The van der Waals surface area contributed by atoms with Gasteiger partial charge in [0.2, 0.25) is 0 Å². The Morgan fingerprint density at radius 3 is 2.53 bits per heavy atom. The zero-order chi connectivity index (χ0) is 21.4. The Hall–Kier alpha value is -1.59. The third-order valence-electron chi connectivity index (χ3n) is 6.30. The second-order valence-electron chi connectivity index (χ2n) is 9.96. The molecule has 2 aliphatic heterocycles. The zero-order valence-electron chi connectivity index (χ0n) is 19.5. The maximum Gasteiger partial charge on any atom is 0.191 e. The number of hydrogen-bond acceptors (Lipinski definition) is 3. The lowest BCUT2D eigenvalue weighted by molar-refractivity contribution is -0.0823. The predicted molar refractivity (Wildman–Crippen MR) is 126 cm³/mol. The maximum atomic E-state index is 6.14. The number of rotatable bonds is 6. The second-order valence-corrected chi connectivity index (χ2v) is 9.96. The number of benzene rings is 1. The van der Waals surface area contributed by atoms with Gasteiger partial charge >= 0.3 is 0 Å². The van der Waals surface area contributed by atoms with Crippen LogP contribution in [0.2, 0.25) is 0 Å². The molecule has 2 heterocycles. The SMILES string of the molecule is CCNC(=NCC1CCCOC1C(C)(C)C)NC1CCN(Cc2ccccc2)CC1. The smallest absolute Gasteiger partial charge is 0.191 e. The van der Waals surface area contributed by atoms with Gasteiger partial charge in [0, 0.05) is 51.3 Å². The van der Waals surface area contributed by atoms with Crippen molar-refractivity contribution in [2.75, 3.05) is 32.8 Å². The minimum absolute atomic E-state index is 0.165. The van der Waals surface area contributed by atoms with Gasteiger partial charge in [0.25, 0.3) is 0 Å². The summed E-state index contributed by atoms with van der Waals surface area (Å²) in [6.45, 7) is 14.9. The molecule has 2 fully saturated rings. The van der Waals surface area contributed by atoms with Crippen LogP contribution in [0.4, 0.5) is 0 Å². The molecule has 30 heavy (non-hydrogen) atoms. The molecule has 168 valence electrons. The summed E-state index contributed by atoms with van der Waals surface area (Å²) in [5.74, 6) is 1.47. The van der Waals surface area contributed by atoms with Crippen molar-refractivity contribution in [3.05, 3.63) is 35.9 Å². The van der Waals surface area contributed by atoms with Crippen molar-refractivity contribution in [1.29, 1.82) is 0 Å². The van der Waals surface area contributed by atoms with E-state index in [1.165, 1.54) is 12.0 Å². The summed E-state index contributed by atoms with van der Waals surface area (Å²) >= 11 is 0. The molecule has 3 rings (SSSR count). The average Bonchev–Trinajstić information content (AvgIpc) is 2.74. The summed E-state index contributed by atoms with van der Waals surface area (Å²) in [5, 5.41) is 7.16. The molecular weight excluding hydrogens is 372 g/mol. The summed E-state index contributed by atoms with van der Waals surface area (Å²) in [6, 6.07) is 11.3. The van der Waals surface area contributed by atoms with Gasteiger partial charge in [-0.1, -0.05) is 51.1 Å². The van der Waals surface area contributed by atoms with E-state index in [1.807, 2.05) is 0 Å². The number of aliphatic imine (C=N–C) groups is 1.